The number of halogens is 1. The van der Waals surface area contributed by atoms with Crippen LogP contribution in [0.1, 0.15) is 53.3 Å². The molecule has 1 unspecified atom stereocenters. The topological polar surface area (TPSA) is 77.1 Å². The van der Waals surface area contributed by atoms with Crippen LogP contribution in [0, 0.1) is 10.8 Å². The number of hydrogen-bond acceptors (Lipinski definition) is 5. The van der Waals surface area contributed by atoms with Gasteiger partial charge >= 0.3 is 4.84 Å². The smallest absolute Gasteiger partial charge is 0.314 e. The van der Waals surface area contributed by atoms with Gasteiger partial charge in [0.05, 0.1) is 0 Å². The normalized spacial score (nSPS) is 15.5. The molecule has 1 heterocycles. The van der Waals surface area contributed by atoms with Crippen molar-refractivity contribution in [1.82, 2.24) is 10.1 Å². The number of aromatic nitrogens is 2. The van der Waals surface area contributed by atoms with Crippen LogP contribution >= 0.6 is 24.6 Å². The second-order valence-electron chi connectivity index (χ2n) is 7.61. The van der Waals surface area contributed by atoms with Gasteiger partial charge in [-0.1, -0.05) is 34.6 Å². The molecule has 1 aromatic heterocycles. The molecule has 0 fully saturated rings. The summed E-state index contributed by atoms with van der Waals surface area (Å²) in [6.07, 6.45) is 1.62. The average molecular weight is 368 g/mol. The largest absolute Gasteiger partial charge is 0.393 e. The van der Waals surface area contributed by atoms with Gasteiger partial charge in [-0.15, -0.1) is 12.4 Å². The Morgan fingerprint density at radius 3 is 2.27 bits per heavy atom. The molecule has 0 bridgehead atoms. The maximum absolute atomic E-state index is 6.58. The molecule has 0 aromatic carbocycles. The zero-order chi connectivity index (χ0) is 16.5. The highest BCUT2D eigenvalue weighted by atomic mass is 35.5. The van der Waals surface area contributed by atoms with E-state index in [9.17, 15) is 0 Å². The Bertz CT molecular complexity index is 525. The summed E-state index contributed by atoms with van der Waals surface area (Å²) in [7, 11) is -2.05. The van der Waals surface area contributed by atoms with E-state index in [1.54, 1.807) is 0 Å². The van der Waals surface area contributed by atoms with E-state index in [0.29, 0.717) is 18.2 Å². The van der Waals surface area contributed by atoms with E-state index >= 15 is 0 Å². The van der Waals surface area contributed by atoms with Gasteiger partial charge in [0.25, 0.3) is 0 Å². The molecule has 130 valence electrons. The van der Waals surface area contributed by atoms with Crippen LogP contribution in [0.4, 0.5) is 0 Å². The summed E-state index contributed by atoms with van der Waals surface area (Å²) in [5, 5.41) is 2.79. The van der Waals surface area contributed by atoms with Crippen molar-refractivity contribution in [3.05, 3.63) is 10.7 Å². The lowest BCUT2D eigenvalue weighted by molar-refractivity contribution is 0.0306. The fourth-order valence-electron chi connectivity index (χ4n) is 1.74. The van der Waals surface area contributed by atoms with E-state index in [-0.39, 0.29) is 22.3 Å². The summed E-state index contributed by atoms with van der Waals surface area (Å²) in [6.45, 7) is 15.3. The highest BCUT2D eigenvalue weighted by molar-refractivity contribution is 7.71. The van der Waals surface area contributed by atoms with Gasteiger partial charge in [0.2, 0.25) is 0 Å². The molecule has 0 saturated heterocycles. The third-order valence-corrected chi connectivity index (χ3v) is 8.84. The second-order valence-corrected chi connectivity index (χ2v) is 12.7. The minimum absolute atomic E-state index is 0. The van der Waals surface area contributed by atoms with Crippen molar-refractivity contribution in [1.29, 1.82) is 0 Å². The number of rotatable bonds is 6. The van der Waals surface area contributed by atoms with Crippen LogP contribution in [0.3, 0.4) is 0 Å². The highest BCUT2D eigenvalue weighted by Gasteiger charge is 2.45. The van der Waals surface area contributed by atoms with Crippen molar-refractivity contribution in [2.45, 2.75) is 71.3 Å². The van der Waals surface area contributed by atoms with Gasteiger partial charge in [0, 0.05) is 0 Å². The van der Waals surface area contributed by atoms with Crippen molar-refractivity contribution in [3.63, 3.8) is 0 Å². The van der Waals surface area contributed by atoms with Crippen LogP contribution in [-0.2, 0) is 10.2 Å². The molecule has 0 aliphatic carbocycles. The summed E-state index contributed by atoms with van der Waals surface area (Å²) >= 11 is 4.94. The molecule has 0 aliphatic rings. The van der Waals surface area contributed by atoms with E-state index in [1.807, 2.05) is 0 Å². The van der Waals surface area contributed by atoms with Gasteiger partial charge in [-0.25, -0.2) is 5.16 Å². The summed E-state index contributed by atoms with van der Waals surface area (Å²) in [5.41, 5.74) is 5.60. The summed E-state index contributed by atoms with van der Waals surface area (Å²) in [6, 6.07) is 0. The first-order chi connectivity index (χ1) is 9.37. The van der Waals surface area contributed by atoms with Gasteiger partial charge in [0.15, 0.2) is 19.9 Å². The van der Waals surface area contributed by atoms with Crippen molar-refractivity contribution in [3.8, 4) is 0 Å². The van der Waals surface area contributed by atoms with Crippen LogP contribution in [0.15, 0.2) is 4.52 Å². The Balaban J connectivity index is 0.00000441. The molecule has 1 aromatic rings. The standard InChI is InChI=1S/C14H29N3O2SSi.ClH/c1-10(2)8-9-14(15,11-16-12(20)18-17-11)19-21(6,7)13(3,4)5;/h10H,8-9,15H2,1-7H3,(H,16,17,20);1H. The van der Waals surface area contributed by atoms with Crippen molar-refractivity contribution in [2.24, 2.45) is 11.7 Å². The number of hydrogen-bond donors (Lipinski definition) is 2. The molecule has 0 amide bonds. The molecule has 0 saturated carbocycles. The quantitative estimate of drug-likeness (QED) is 0.432. The van der Waals surface area contributed by atoms with Gasteiger partial charge in [0.1, 0.15) is 0 Å². The number of H-pyrrole nitrogens is 1. The maximum Gasteiger partial charge on any atom is 0.314 e. The van der Waals surface area contributed by atoms with E-state index in [0.717, 1.165) is 6.42 Å². The fraction of sp³-hybridized carbons (Fsp3) is 0.857. The zero-order valence-corrected chi connectivity index (χ0v) is 17.3. The molecule has 22 heavy (non-hydrogen) atoms. The number of nitrogens with two attached hydrogens (primary N) is 1. The third-order valence-electron chi connectivity index (χ3n) is 4.18. The Labute approximate surface area is 145 Å². The molecular weight excluding hydrogens is 338 g/mol. The first-order valence-corrected chi connectivity index (χ1v) is 10.7. The summed E-state index contributed by atoms with van der Waals surface area (Å²) < 4.78 is 11.5. The molecule has 5 nitrogen and oxygen atoms in total. The van der Waals surface area contributed by atoms with Gasteiger partial charge < -0.3 is 8.95 Å². The van der Waals surface area contributed by atoms with Crippen LogP contribution < -0.4 is 5.73 Å². The van der Waals surface area contributed by atoms with E-state index in [4.69, 9.17) is 26.9 Å². The van der Waals surface area contributed by atoms with Gasteiger partial charge in [-0.05, 0) is 49.1 Å². The first-order valence-electron chi connectivity index (χ1n) is 7.42. The van der Waals surface area contributed by atoms with E-state index < -0.39 is 14.0 Å². The van der Waals surface area contributed by atoms with Gasteiger partial charge in [-0.3, -0.25) is 5.73 Å². The maximum atomic E-state index is 6.58. The zero-order valence-electron chi connectivity index (χ0n) is 14.6. The molecule has 1 atom stereocenters. The number of nitrogens with one attached hydrogen (secondary N) is 1. The monoisotopic (exact) mass is 367 g/mol. The highest BCUT2D eigenvalue weighted by Crippen LogP contribution is 2.41. The Morgan fingerprint density at radius 1 is 1.36 bits per heavy atom. The van der Waals surface area contributed by atoms with Crippen molar-refractivity contribution < 1.29 is 8.95 Å². The molecule has 8 heteroatoms. The average Bonchev–Trinajstić information content (AvgIpc) is 2.72. The predicted octanol–water partition coefficient (Wildman–Crippen LogP) is 4.72. The number of nitrogens with zero attached hydrogens (tertiary/aromatic N) is 1. The third kappa shape index (κ3) is 5.45. The second kappa shape index (κ2) is 7.57. The molecule has 0 spiro atoms. The van der Waals surface area contributed by atoms with Gasteiger partial charge in [-0.2, -0.15) is 4.98 Å². The molecular formula is C14H30ClN3O2SSi. The predicted molar refractivity (Wildman–Crippen MR) is 97.2 cm³/mol. The Hall–Kier alpha value is -0.213. The molecule has 1 rings (SSSR count). The van der Waals surface area contributed by atoms with E-state index in [1.165, 1.54) is 0 Å². The van der Waals surface area contributed by atoms with Crippen molar-refractivity contribution in [2.75, 3.05) is 0 Å². The SMILES string of the molecule is CC(C)CCC(N)(O[Si](C)(C)C(C)(C)C)c1nc(=S)o[nH]1.Cl. The molecule has 0 radical (unpaired) electrons. The lowest BCUT2D eigenvalue weighted by Crippen LogP contribution is -2.53. The summed E-state index contributed by atoms with van der Waals surface area (Å²) in [4.78, 5) is 4.35. The lowest BCUT2D eigenvalue weighted by Gasteiger charge is -2.43. The van der Waals surface area contributed by atoms with Crippen LogP contribution in [0.5, 0.6) is 0 Å². The number of aromatic amines is 1. The van der Waals surface area contributed by atoms with Crippen molar-refractivity contribution >= 4 is 32.9 Å². The Kier molecular flexibility index (Phi) is 7.50. The Morgan fingerprint density at radius 2 is 1.91 bits per heavy atom. The van der Waals surface area contributed by atoms with E-state index in [2.05, 4.69) is 57.9 Å². The van der Waals surface area contributed by atoms with Crippen LogP contribution in [0.2, 0.25) is 18.1 Å². The lowest BCUT2D eigenvalue weighted by atomic mass is 10.0. The molecule has 3 N–H and O–H groups in total. The minimum atomic E-state index is -2.05. The first kappa shape index (κ1) is 21.8. The van der Waals surface area contributed by atoms with Crippen LogP contribution in [-0.4, -0.2) is 18.5 Å². The van der Waals surface area contributed by atoms with Crippen LogP contribution in [0.25, 0.3) is 0 Å². The minimum Gasteiger partial charge on any atom is -0.393 e. The molecule has 0 aliphatic heterocycles. The fourth-order valence-corrected chi connectivity index (χ4v) is 3.29. The summed E-state index contributed by atoms with van der Waals surface area (Å²) in [5.74, 6) is 1.02.